The summed E-state index contributed by atoms with van der Waals surface area (Å²) in [6.07, 6.45) is 2.03. The standard InChI is InChI=1S/C16H15NO2S/c1-18-11-3-6-13(7-4-11)20-16-10-17-15-9-12(19-2)5-8-14(15)16/h3-10,17H,1-2H3. The first-order valence-electron chi connectivity index (χ1n) is 6.27. The summed E-state index contributed by atoms with van der Waals surface area (Å²) in [6, 6.07) is 14.1. The molecule has 2 aromatic carbocycles. The van der Waals surface area contributed by atoms with Crippen LogP contribution in [0.4, 0.5) is 0 Å². The minimum Gasteiger partial charge on any atom is -0.497 e. The first-order chi connectivity index (χ1) is 9.80. The number of aromatic nitrogens is 1. The molecule has 0 saturated carbocycles. The summed E-state index contributed by atoms with van der Waals surface area (Å²) < 4.78 is 10.4. The minimum absolute atomic E-state index is 0.861. The average molecular weight is 285 g/mol. The quantitative estimate of drug-likeness (QED) is 0.774. The van der Waals surface area contributed by atoms with Crippen molar-refractivity contribution in [3.8, 4) is 11.5 Å². The number of methoxy groups -OCH3 is 2. The SMILES string of the molecule is COc1ccc(Sc2c[nH]c3cc(OC)ccc23)cc1. The third-order valence-corrected chi connectivity index (χ3v) is 4.20. The Bertz CT molecular complexity index is 719. The first-order valence-corrected chi connectivity index (χ1v) is 7.09. The molecular weight excluding hydrogens is 270 g/mol. The van der Waals surface area contributed by atoms with Gasteiger partial charge < -0.3 is 14.5 Å². The molecule has 1 heterocycles. The van der Waals surface area contributed by atoms with Crippen molar-refractivity contribution < 1.29 is 9.47 Å². The van der Waals surface area contributed by atoms with E-state index in [0.29, 0.717) is 0 Å². The van der Waals surface area contributed by atoms with Gasteiger partial charge in [0.1, 0.15) is 11.5 Å². The Hall–Kier alpha value is -2.07. The van der Waals surface area contributed by atoms with Crippen molar-refractivity contribution in [3.05, 3.63) is 48.7 Å². The summed E-state index contributed by atoms with van der Waals surface area (Å²) >= 11 is 1.73. The molecule has 102 valence electrons. The molecule has 3 nitrogen and oxygen atoms in total. The van der Waals surface area contributed by atoms with Crippen LogP contribution in [0.1, 0.15) is 0 Å². The van der Waals surface area contributed by atoms with Gasteiger partial charge in [0.05, 0.1) is 19.7 Å². The predicted octanol–water partition coefficient (Wildman–Crippen LogP) is 4.34. The highest BCUT2D eigenvalue weighted by Crippen LogP contribution is 2.35. The van der Waals surface area contributed by atoms with Gasteiger partial charge in [-0.25, -0.2) is 0 Å². The highest BCUT2D eigenvalue weighted by Gasteiger charge is 2.06. The van der Waals surface area contributed by atoms with Crippen molar-refractivity contribution in [1.82, 2.24) is 4.98 Å². The van der Waals surface area contributed by atoms with Gasteiger partial charge in [-0.3, -0.25) is 0 Å². The lowest BCUT2D eigenvalue weighted by molar-refractivity contribution is 0.414. The summed E-state index contributed by atoms with van der Waals surface area (Å²) in [5.74, 6) is 1.73. The minimum atomic E-state index is 0.861. The lowest BCUT2D eigenvalue weighted by Crippen LogP contribution is -1.82. The fourth-order valence-corrected chi connectivity index (χ4v) is 2.99. The topological polar surface area (TPSA) is 34.2 Å². The van der Waals surface area contributed by atoms with Crippen LogP contribution in [0.25, 0.3) is 10.9 Å². The van der Waals surface area contributed by atoms with E-state index in [4.69, 9.17) is 9.47 Å². The predicted molar refractivity (Wildman–Crippen MR) is 82.0 cm³/mol. The van der Waals surface area contributed by atoms with Crippen LogP contribution >= 0.6 is 11.8 Å². The van der Waals surface area contributed by atoms with Crippen LogP contribution in [0.3, 0.4) is 0 Å². The molecule has 0 amide bonds. The first kappa shape index (κ1) is 12.9. The lowest BCUT2D eigenvalue weighted by atomic mass is 10.2. The van der Waals surface area contributed by atoms with Gasteiger partial charge in [-0.1, -0.05) is 11.8 Å². The highest BCUT2D eigenvalue weighted by molar-refractivity contribution is 7.99. The molecule has 0 bridgehead atoms. The van der Waals surface area contributed by atoms with Crippen molar-refractivity contribution in [2.24, 2.45) is 0 Å². The number of H-pyrrole nitrogens is 1. The number of hydrogen-bond donors (Lipinski definition) is 1. The van der Waals surface area contributed by atoms with Gasteiger partial charge >= 0.3 is 0 Å². The highest BCUT2D eigenvalue weighted by atomic mass is 32.2. The zero-order valence-electron chi connectivity index (χ0n) is 11.3. The van der Waals surface area contributed by atoms with Crippen LogP contribution < -0.4 is 9.47 Å². The van der Waals surface area contributed by atoms with Gasteiger partial charge in [0, 0.05) is 27.4 Å². The van der Waals surface area contributed by atoms with E-state index in [-0.39, 0.29) is 0 Å². The van der Waals surface area contributed by atoms with Crippen LogP contribution in [0.15, 0.2) is 58.5 Å². The molecule has 0 unspecified atom stereocenters. The molecule has 4 heteroatoms. The van der Waals surface area contributed by atoms with Crippen LogP contribution in [-0.2, 0) is 0 Å². The Labute approximate surface area is 121 Å². The Kier molecular flexibility index (Phi) is 3.56. The van der Waals surface area contributed by atoms with Gasteiger partial charge in [-0.2, -0.15) is 0 Å². The summed E-state index contributed by atoms with van der Waals surface area (Å²) in [6.45, 7) is 0. The molecule has 0 atom stereocenters. The molecule has 1 aromatic heterocycles. The average Bonchev–Trinajstić information content (AvgIpc) is 2.90. The second kappa shape index (κ2) is 5.51. The van der Waals surface area contributed by atoms with E-state index >= 15 is 0 Å². The fourth-order valence-electron chi connectivity index (χ4n) is 2.06. The van der Waals surface area contributed by atoms with E-state index in [0.717, 1.165) is 17.0 Å². The summed E-state index contributed by atoms with van der Waals surface area (Å²) in [7, 11) is 3.35. The van der Waals surface area contributed by atoms with Crippen LogP contribution in [0, 0.1) is 0 Å². The van der Waals surface area contributed by atoms with Crippen LogP contribution in [0.2, 0.25) is 0 Å². The normalized spacial score (nSPS) is 10.7. The van der Waals surface area contributed by atoms with Gasteiger partial charge in [-0.15, -0.1) is 0 Å². The molecular formula is C16H15NO2S. The van der Waals surface area contributed by atoms with E-state index in [2.05, 4.69) is 23.2 Å². The smallest absolute Gasteiger partial charge is 0.120 e. The third kappa shape index (κ3) is 2.47. The third-order valence-electron chi connectivity index (χ3n) is 3.14. The van der Waals surface area contributed by atoms with Crippen molar-refractivity contribution in [2.45, 2.75) is 9.79 Å². The van der Waals surface area contributed by atoms with Crippen LogP contribution in [-0.4, -0.2) is 19.2 Å². The largest absolute Gasteiger partial charge is 0.497 e. The van der Waals surface area contributed by atoms with Gasteiger partial charge in [-0.05, 0) is 36.4 Å². The van der Waals surface area contributed by atoms with Crippen LogP contribution in [0.5, 0.6) is 11.5 Å². The zero-order chi connectivity index (χ0) is 13.9. The molecule has 3 aromatic rings. The number of hydrogen-bond acceptors (Lipinski definition) is 3. The van der Waals surface area contributed by atoms with Gasteiger partial charge in [0.15, 0.2) is 0 Å². The van der Waals surface area contributed by atoms with E-state index in [1.807, 2.05) is 30.5 Å². The van der Waals surface area contributed by atoms with E-state index in [1.165, 1.54) is 15.2 Å². The number of fused-ring (bicyclic) bond motifs is 1. The molecule has 0 fully saturated rings. The molecule has 3 rings (SSSR count). The number of nitrogens with one attached hydrogen (secondary N) is 1. The van der Waals surface area contributed by atoms with E-state index in [1.54, 1.807) is 26.0 Å². The molecule has 0 saturated heterocycles. The second-order valence-corrected chi connectivity index (χ2v) is 5.46. The fraction of sp³-hybridized carbons (Fsp3) is 0.125. The van der Waals surface area contributed by atoms with Crippen molar-refractivity contribution in [1.29, 1.82) is 0 Å². The lowest BCUT2D eigenvalue weighted by Gasteiger charge is -2.03. The van der Waals surface area contributed by atoms with E-state index < -0.39 is 0 Å². The molecule has 0 aliphatic rings. The maximum atomic E-state index is 5.23. The number of benzene rings is 2. The van der Waals surface area contributed by atoms with E-state index in [9.17, 15) is 0 Å². The number of ether oxygens (including phenoxy) is 2. The Balaban J connectivity index is 1.90. The molecule has 0 spiro atoms. The monoisotopic (exact) mass is 285 g/mol. The Morgan fingerprint density at radius 3 is 2.30 bits per heavy atom. The maximum absolute atomic E-state index is 5.23. The van der Waals surface area contributed by atoms with Gasteiger partial charge in [0.25, 0.3) is 0 Å². The summed E-state index contributed by atoms with van der Waals surface area (Å²) in [5, 5.41) is 1.20. The van der Waals surface area contributed by atoms with Crippen molar-refractivity contribution in [3.63, 3.8) is 0 Å². The summed E-state index contributed by atoms with van der Waals surface area (Å²) in [4.78, 5) is 5.66. The van der Waals surface area contributed by atoms with Crippen molar-refractivity contribution >= 4 is 22.7 Å². The number of rotatable bonds is 4. The molecule has 0 aliphatic heterocycles. The van der Waals surface area contributed by atoms with Gasteiger partial charge in [0.2, 0.25) is 0 Å². The second-order valence-electron chi connectivity index (χ2n) is 4.34. The zero-order valence-corrected chi connectivity index (χ0v) is 12.2. The molecule has 0 radical (unpaired) electrons. The molecule has 0 aliphatic carbocycles. The Morgan fingerprint density at radius 2 is 1.60 bits per heavy atom. The molecule has 1 N–H and O–H groups in total. The number of aromatic amines is 1. The molecule has 20 heavy (non-hydrogen) atoms. The maximum Gasteiger partial charge on any atom is 0.120 e. The summed E-state index contributed by atoms with van der Waals surface area (Å²) in [5.41, 5.74) is 1.08. The Morgan fingerprint density at radius 1 is 0.900 bits per heavy atom. The van der Waals surface area contributed by atoms with Crippen molar-refractivity contribution in [2.75, 3.05) is 14.2 Å².